The zero-order valence-electron chi connectivity index (χ0n) is 35.7. The molecular formula is C42H55ClF9N5O8. The van der Waals surface area contributed by atoms with Crippen molar-refractivity contribution in [2.24, 2.45) is 5.92 Å². The molecule has 2 heterocycles. The Bertz CT molecular complexity index is 1760. The predicted octanol–water partition coefficient (Wildman–Crippen LogP) is 6.98. The summed E-state index contributed by atoms with van der Waals surface area (Å²) < 4.78 is 95.2. The average Bonchev–Trinajstić information content (AvgIpc) is 3.24. The van der Waals surface area contributed by atoms with E-state index in [4.69, 9.17) is 41.3 Å². The molecular weight excluding hydrogens is 909 g/mol. The first kappa shape index (κ1) is 56.5. The second-order valence-electron chi connectivity index (χ2n) is 15.3. The third kappa shape index (κ3) is 20.2. The summed E-state index contributed by atoms with van der Waals surface area (Å²) in [6, 6.07) is 15.8. The molecule has 65 heavy (non-hydrogen) atoms. The van der Waals surface area contributed by atoms with Gasteiger partial charge >= 0.3 is 36.4 Å². The number of carbonyl (C=O) groups excluding carboxylic acids is 2. The van der Waals surface area contributed by atoms with E-state index in [1.165, 1.54) is 43.2 Å². The number of carboxylic acid groups (broad SMARTS) is 3. The first-order valence-corrected chi connectivity index (χ1v) is 21.2. The lowest BCUT2D eigenvalue weighted by atomic mass is 9.82. The first-order chi connectivity index (χ1) is 30.3. The van der Waals surface area contributed by atoms with Crippen molar-refractivity contribution in [1.82, 2.24) is 25.3 Å². The van der Waals surface area contributed by atoms with Gasteiger partial charge in [0, 0.05) is 62.7 Å². The third-order valence-electron chi connectivity index (χ3n) is 10.9. The van der Waals surface area contributed by atoms with E-state index in [0.29, 0.717) is 37.0 Å². The highest BCUT2D eigenvalue weighted by Crippen LogP contribution is 2.31. The number of hydrogen-bond acceptors (Lipinski definition) is 8. The summed E-state index contributed by atoms with van der Waals surface area (Å²) in [6.07, 6.45) is -6.85. The Hall–Kier alpha value is -4.67. The number of likely N-dealkylation sites (N-methyl/N-ethyl adjacent to an activating group) is 1. The molecule has 5 rings (SSSR count). The van der Waals surface area contributed by atoms with Crippen LogP contribution in [0.15, 0.2) is 48.5 Å². The van der Waals surface area contributed by atoms with Gasteiger partial charge in [0.2, 0.25) is 11.8 Å². The van der Waals surface area contributed by atoms with E-state index in [1.807, 2.05) is 35.2 Å². The Morgan fingerprint density at radius 3 is 1.74 bits per heavy atom. The third-order valence-corrected chi connectivity index (χ3v) is 11.2. The van der Waals surface area contributed by atoms with E-state index in [0.717, 1.165) is 57.2 Å². The highest BCUT2D eigenvalue weighted by atomic mass is 35.5. The minimum atomic E-state index is -5.08. The van der Waals surface area contributed by atoms with Crippen molar-refractivity contribution in [3.8, 4) is 0 Å². The quantitative estimate of drug-likeness (QED) is 0.139. The van der Waals surface area contributed by atoms with Crippen molar-refractivity contribution in [1.29, 1.82) is 0 Å². The van der Waals surface area contributed by atoms with Gasteiger partial charge in [0.1, 0.15) is 6.04 Å². The minimum Gasteiger partial charge on any atom is -0.475 e. The molecule has 2 aliphatic heterocycles. The number of nitrogens with zero attached hydrogens (tertiary/aromatic N) is 3. The van der Waals surface area contributed by atoms with Crippen LogP contribution in [0.4, 0.5) is 39.5 Å². The van der Waals surface area contributed by atoms with Crippen molar-refractivity contribution in [3.05, 3.63) is 70.2 Å². The lowest BCUT2D eigenvalue weighted by Crippen LogP contribution is -2.59. The molecule has 0 radical (unpaired) electrons. The van der Waals surface area contributed by atoms with Crippen LogP contribution in [0.5, 0.6) is 0 Å². The molecule has 1 aliphatic carbocycles. The Balaban J connectivity index is 0.000000571. The number of carboxylic acids is 3. The Morgan fingerprint density at radius 1 is 0.769 bits per heavy atom. The van der Waals surface area contributed by atoms with Gasteiger partial charge < -0.3 is 35.8 Å². The number of hydrogen-bond donors (Lipinski definition) is 5. The topological polar surface area (TPSA) is 180 Å². The molecule has 366 valence electrons. The molecule has 23 heteroatoms. The summed E-state index contributed by atoms with van der Waals surface area (Å²) in [5, 5.41) is 28.7. The van der Waals surface area contributed by atoms with Crippen LogP contribution in [0.25, 0.3) is 0 Å². The number of halogens is 10. The molecule has 13 nitrogen and oxygen atoms in total. The van der Waals surface area contributed by atoms with Gasteiger partial charge in [0.05, 0.1) is 0 Å². The molecule has 3 aliphatic rings. The molecule has 5 N–H and O–H groups in total. The normalized spacial score (nSPS) is 17.9. The molecule has 0 spiro atoms. The molecule has 1 saturated heterocycles. The highest BCUT2D eigenvalue weighted by molar-refractivity contribution is 6.30. The second-order valence-corrected chi connectivity index (χ2v) is 15.8. The Labute approximate surface area is 375 Å². The Kier molecular flexibility index (Phi) is 23.0. The second kappa shape index (κ2) is 26.5. The number of rotatable bonds is 12. The number of piperazine rings is 1. The molecule has 0 aromatic heterocycles. The van der Waals surface area contributed by atoms with Crippen molar-refractivity contribution >= 4 is 41.3 Å². The fourth-order valence-corrected chi connectivity index (χ4v) is 7.72. The number of nitrogens with one attached hydrogen (secondary N) is 2. The van der Waals surface area contributed by atoms with Crippen LogP contribution >= 0.6 is 11.6 Å². The molecule has 3 atom stereocenters. The summed E-state index contributed by atoms with van der Waals surface area (Å²) in [5.74, 6) is -7.61. The number of benzene rings is 2. The SMILES string of the molecule is CCN(CC)CC(C1CCCCC1)N1CCN(C(=O)C(Cc2ccc(Cl)cc2)NC(=O)CC2NCCc3ccccc32)CC1.O=C(O)C(F)(F)F.O=C(O)C(F)(F)F.O=C(O)C(F)(F)F. The zero-order valence-corrected chi connectivity index (χ0v) is 36.5. The summed E-state index contributed by atoms with van der Waals surface area (Å²) in [6.45, 7) is 11.8. The highest BCUT2D eigenvalue weighted by Gasteiger charge is 2.40. The van der Waals surface area contributed by atoms with E-state index in [2.05, 4.69) is 52.5 Å². The van der Waals surface area contributed by atoms with Gasteiger partial charge in [0.25, 0.3) is 0 Å². The summed E-state index contributed by atoms with van der Waals surface area (Å²) in [5.41, 5.74) is 3.47. The van der Waals surface area contributed by atoms with Crippen molar-refractivity contribution < 1.29 is 78.8 Å². The maximum absolute atomic E-state index is 14.1. The number of alkyl halides is 9. The van der Waals surface area contributed by atoms with Gasteiger partial charge in [-0.2, -0.15) is 39.5 Å². The van der Waals surface area contributed by atoms with Gasteiger partial charge in [0.15, 0.2) is 0 Å². The van der Waals surface area contributed by atoms with Gasteiger partial charge in [-0.25, -0.2) is 14.4 Å². The van der Waals surface area contributed by atoms with Gasteiger partial charge in [-0.3, -0.25) is 14.5 Å². The molecule has 2 fully saturated rings. The van der Waals surface area contributed by atoms with E-state index < -0.39 is 42.5 Å². The maximum atomic E-state index is 14.1. The fourth-order valence-electron chi connectivity index (χ4n) is 7.59. The van der Waals surface area contributed by atoms with Crippen molar-refractivity contribution in [2.45, 2.75) is 102 Å². The van der Waals surface area contributed by atoms with Gasteiger partial charge in [-0.1, -0.05) is 81.1 Å². The number of carbonyl (C=O) groups is 5. The average molecular weight is 964 g/mol. The fraction of sp³-hybridized carbons (Fsp3) is 0.595. The van der Waals surface area contributed by atoms with Gasteiger partial charge in [-0.05, 0) is 73.6 Å². The molecule has 2 amide bonds. The molecule has 2 aromatic carbocycles. The summed E-state index contributed by atoms with van der Waals surface area (Å²) >= 11 is 6.15. The number of aliphatic carboxylic acids is 3. The van der Waals surface area contributed by atoms with Crippen LogP contribution < -0.4 is 10.6 Å². The monoisotopic (exact) mass is 963 g/mol. The number of amides is 2. The molecule has 1 saturated carbocycles. The van der Waals surface area contributed by atoms with E-state index in [-0.39, 0.29) is 17.9 Å². The van der Waals surface area contributed by atoms with Crippen LogP contribution in [-0.4, -0.2) is 143 Å². The maximum Gasteiger partial charge on any atom is 0.490 e. The predicted molar refractivity (Wildman–Crippen MR) is 220 cm³/mol. The summed E-state index contributed by atoms with van der Waals surface area (Å²) in [7, 11) is 0. The van der Waals surface area contributed by atoms with Crippen LogP contribution in [0.3, 0.4) is 0 Å². The molecule has 2 aromatic rings. The Morgan fingerprint density at radius 2 is 1.26 bits per heavy atom. The molecule has 0 bridgehead atoms. The molecule has 3 unspecified atom stereocenters. The van der Waals surface area contributed by atoms with Crippen molar-refractivity contribution in [2.75, 3.05) is 52.4 Å². The zero-order chi connectivity index (χ0) is 49.1. The van der Waals surface area contributed by atoms with E-state index in [1.54, 1.807) is 0 Å². The largest absolute Gasteiger partial charge is 0.490 e. The smallest absolute Gasteiger partial charge is 0.475 e. The first-order valence-electron chi connectivity index (χ1n) is 20.8. The standard InChI is InChI=1S/C36H52ClN5O2.3C2HF3O2/c1-3-40(4-2)26-34(29-11-6-5-7-12-29)41-20-22-42(23-21-41)36(44)33(24-27-14-16-30(37)17-15-27)39-35(43)25-32-31-13-9-8-10-28(31)18-19-38-32;3*3-2(4,5)1(6)7/h8-10,13-17,29,32-34,38H,3-7,11-12,18-26H2,1-2H3,(H,39,43);3*(H,6,7). The van der Waals surface area contributed by atoms with Crippen molar-refractivity contribution in [3.63, 3.8) is 0 Å². The van der Waals surface area contributed by atoms with Gasteiger partial charge in [-0.15, -0.1) is 0 Å². The van der Waals surface area contributed by atoms with E-state index >= 15 is 0 Å². The minimum absolute atomic E-state index is 0.0166. The lowest BCUT2D eigenvalue weighted by Gasteiger charge is -2.45. The van der Waals surface area contributed by atoms with E-state index in [9.17, 15) is 49.1 Å². The van der Waals surface area contributed by atoms with Crippen LogP contribution in [0.2, 0.25) is 5.02 Å². The summed E-state index contributed by atoms with van der Waals surface area (Å²) in [4.78, 5) is 61.5. The lowest BCUT2D eigenvalue weighted by molar-refractivity contribution is -0.193. The number of fused-ring (bicyclic) bond motifs is 1. The van der Waals surface area contributed by atoms with Crippen LogP contribution in [0.1, 0.15) is 75.1 Å². The van der Waals surface area contributed by atoms with Crippen LogP contribution in [0, 0.1) is 5.92 Å². The van der Waals surface area contributed by atoms with Crippen LogP contribution in [-0.2, 0) is 36.8 Å².